The summed E-state index contributed by atoms with van der Waals surface area (Å²) in [5.41, 5.74) is 5.61. The van der Waals surface area contributed by atoms with Gasteiger partial charge in [0.1, 0.15) is 12.0 Å². The minimum Gasteiger partial charge on any atom is -0.395 e. The molecule has 2 heterocycles. The highest BCUT2D eigenvalue weighted by molar-refractivity contribution is 6.22. The number of halogens is 2. The zero-order valence-electron chi connectivity index (χ0n) is 22.8. The minimum atomic E-state index is -0.545. The van der Waals surface area contributed by atoms with Crippen molar-refractivity contribution in [1.82, 2.24) is 14.8 Å². The van der Waals surface area contributed by atoms with Crippen molar-refractivity contribution in [2.75, 3.05) is 32.1 Å². The van der Waals surface area contributed by atoms with Crippen molar-refractivity contribution in [3.05, 3.63) is 102 Å². The van der Waals surface area contributed by atoms with Gasteiger partial charge in [-0.2, -0.15) is 0 Å². The second-order valence-electron chi connectivity index (χ2n) is 10.3. The highest BCUT2D eigenvalue weighted by Gasteiger charge is 2.23. The van der Waals surface area contributed by atoms with Crippen LogP contribution in [-0.4, -0.2) is 70.3 Å². The van der Waals surface area contributed by atoms with Crippen LogP contribution in [0.15, 0.2) is 89.8 Å². The molecule has 2 aliphatic rings. The van der Waals surface area contributed by atoms with Gasteiger partial charge in [-0.25, -0.2) is 9.38 Å². The van der Waals surface area contributed by atoms with E-state index in [2.05, 4.69) is 27.8 Å². The van der Waals surface area contributed by atoms with Crippen LogP contribution in [0.1, 0.15) is 17.3 Å². The first-order valence-electron chi connectivity index (χ1n) is 13.6. The maximum Gasteiger partial charge on any atom is 0.148 e. The number of ether oxygens (including phenoxy) is 1. The van der Waals surface area contributed by atoms with E-state index in [-0.39, 0.29) is 31.3 Å². The molecule has 3 aromatic rings. The van der Waals surface area contributed by atoms with E-state index in [4.69, 9.17) is 21.4 Å². The molecule has 0 amide bonds. The van der Waals surface area contributed by atoms with E-state index in [0.717, 1.165) is 33.6 Å². The Balaban J connectivity index is 1.22. The number of aliphatic hydroxyl groups excluding tert-OH is 2. The Morgan fingerprint density at radius 2 is 2.10 bits per heavy atom. The summed E-state index contributed by atoms with van der Waals surface area (Å²) in [5.74, 6) is -0.292. The van der Waals surface area contributed by atoms with Gasteiger partial charge in [0.25, 0.3) is 0 Å². The van der Waals surface area contributed by atoms with Crippen LogP contribution in [0.2, 0.25) is 0 Å². The number of hydrogen-bond donors (Lipinski definition) is 4. The summed E-state index contributed by atoms with van der Waals surface area (Å²) in [6.45, 7) is 1.80. The standard InChI is InChI=1S/C31H35ClFN5O3/c1-37(11-12-39)17-26(40)18-38-10-9-23(16-38)22-5-7-29-27(14-22)31(35-20-34-29)36-25-6-8-30(28(32)15-25)41-19-21-3-2-4-24(33)13-21/h2-10,13-16,20,26,28,30-31,36,39-40H,11-12,17-19H2,1H3,(H,34,35). The smallest absolute Gasteiger partial charge is 0.148 e. The summed E-state index contributed by atoms with van der Waals surface area (Å²) in [5, 5.41) is 25.8. The van der Waals surface area contributed by atoms with Gasteiger partial charge in [-0.1, -0.05) is 24.3 Å². The predicted molar refractivity (Wildman–Crippen MR) is 160 cm³/mol. The Morgan fingerprint density at radius 1 is 1.22 bits per heavy atom. The Kier molecular flexibility index (Phi) is 9.53. The number of alkyl halides is 1. The minimum absolute atomic E-state index is 0.0664. The van der Waals surface area contributed by atoms with Crippen molar-refractivity contribution in [1.29, 1.82) is 0 Å². The second kappa shape index (κ2) is 13.5. The number of nitrogens with one attached hydrogen (secondary N) is 2. The second-order valence-corrected chi connectivity index (χ2v) is 10.8. The fourth-order valence-electron chi connectivity index (χ4n) is 4.97. The molecule has 0 bridgehead atoms. The van der Waals surface area contributed by atoms with Crippen molar-refractivity contribution in [3.63, 3.8) is 0 Å². The number of allylic oxidation sites excluding steroid dienone is 1. The van der Waals surface area contributed by atoms with E-state index >= 15 is 0 Å². The molecule has 41 heavy (non-hydrogen) atoms. The number of benzene rings is 2. The van der Waals surface area contributed by atoms with Crippen LogP contribution in [-0.2, 0) is 17.9 Å². The van der Waals surface area contributed by atoms with Gasteiger partial charge >= 0.3 is 0 Å². The number of nitrogens with zero attached hydrogens (tertiary/aromatic N) is 3. The quantitative estimate of drug-likeness (QED) is 0.240. The lowest BCUT2D eigenvalue weighted by Crippen LogP contribution is -2.33. The van der Waals surface area contributed by atoms with Crippen molar-refractivity contribution in [2.24, 2.45) is 4.99 Å². The van der Waals surface area contributed by atoms with E-state index in [1.807, 2.05) is 65.3 Å². The van der Waals surface area contributed by atoms with Crippen molar-refractivity contribution in [2.45, 2.75) is 36.9 Å². The summed E-state index contributed by atoms with van der Waals surface area (Å²) in [6, 6.07) is 14.6. The van der Waals surface area contributed by atoms with E-state index in [9.17, 15) is 9.50 Å². The molecule has 2 aromatic carbocycles. The number of fused-ring (bicyclic) bond motifs is 1. The summed E-state index contributed by atoms with van der Waals surface area (Å²) in [6.07, 6.45) is 10.2. The Labute approximate surface area is 244 Å². The van der Waals surface area contributed by atoms with Crippen LogP contribution in [0, 0.1) is 5.82 Å². The van der Waals surface area contributed by atoms with Crippen LogP contribution < -0.4 is 10.6 Å². The lowest BCUT2D eigenvalue weighted by atomic mass is 10.0. The van der Waals surface area contributed by atoms with Gasteiger partial charge in [-0.15, -0.1) is 11.6 Å². The SMILES string of the molecule is CN(CCO)CC(O)Cn1ccc(-c2ccc3c(c2)C(NC2=CC(Cl)C(OCc4cccc(F)c4)C=C2)N=CN3)c1. The summed E-state index contributed by atoms with van der Waals surface area (Å²) < 4.78 is 21.4. The van der Waals surface area contributed by atoms with Gasteiger partial charge in [-0.05, 0) is 66.2 Å². The number of aliphatic imine (C=N–C) groups is 1. The van der Waals surface area contributed by atoms with E-state index in [1.165, 1.54) is 12.1 Å². The molecule has 0 radical (unpaired) electrons. The van der Waals surface area contributed by atoms with Gasteiger partial charge in [0.15, 0.2) is 0 Å². The largest absolute Gasteiger partial charge is 0.395 e. The molecule has 0 saturated heterocycles. The van der Waals surface area contributed by atoms with E-state index < -0.39 is 11.5 Å². The average molecular weight is 580 g/mol. The van der Waals surface area contributed by atoms with E-state index in [0.29, 0.717) is 19.6 Å². The van der Waals surface area contributed by atoms with E-state index in [1.54, 1.807) is 12.4 Å². The lowest BCUT2D eigenvalue weighted by Gasteiger charge is -2.27. The molecule has 10 heteroatoms. The Bertz CT molecular complexity index is 1420. The maximum absolute atomic E-state index is 13.5. The number of hydrogen-bond acceptors (Lipinski definition) is 7. The van der Waals surface area contributed by atoms with Crippen LogP contribution in [0.5, 0.6) is 0 Å². The third-order valence-corrected chi connectivity index (χ3v) is 7.43. The summed E-state index contributed by atoms with van der Waals surface area (Å²) in [4.78, 5) is 6.53. The highest BCUT2D eigenvalue weighted by Crippen LogP contribution is 2.33. The molecule has 0 saturated carbocycles. The first kappa shape index (κ1) is 29.0. The molecule has 4 unspecified atom stereocenters. The molecule has 0 fully saturated rings. The van der Waals surface area contributed by atoms with Crippen molar-refractivity contribution >= 4 is 23.6 Å². The fourth-order valence-corrected chi connectivity index (χ4v) is 5.26. The first-order chi connectivity index (χ1) is 19.9. The topological polar surface area (TPSA) is 94.3 Å². The van der Waals surface area contributed by atoms with Crippen molar-refractivity contribution in [3.8, 4) is 11.1 Å². The third kappa shape index (κ3) is 7.63. The molecule has 4 N–H and O–H groups in total. The molecule has 216 valence electrons. The monoisotopic (exact) mass is 579 g/mol. The van der Waals surface area contributed by atoms with Gasteiger partial charge in [0.2, 0.25) is 0 Å². The number of anilines is 1. The van der Waals surface area contributed by atoms with Crippen LogP contribution >= 0.6 is 11.6 Å². The molecule has 4 atom stereocenters. The molecule has 5 rings (SSSR count). The zero-order chi connectivity index (χ0) is 28.8. The molecule has 1 aliphatic heterocycles. The average Bonchev–Trinajstić information content (AvgIpc) is 3.41. The Morgan fingerprint density at radius 3 is 2.90 bits per heavy atom. The molecular formula is C31H35ClFN5O3. The zero-order valence-corrected chi connectivity index (χ0v) is 23.6. The normalized spacial score (nSPS) is 20.4. The van der Waals surface area contributed by atoms with Crippen molar-refractivity contribution < 1.29 is 19.3 Å². The Hall–Kier alpha value is -3.47. The molecule has 1 aromatic heterocycles. The third-order valence-electron chi connectivity index (χ3n) is 7.05. The number of aliphatic hydroxyl groups is 2. The summed E-state index contributed by atoms with van der Waals surface area (Å²) in [7, 11) is 1.88. The number of aromatic nitrogens is 1. The molecular weight excluding hydrogens is 545 g/mol. The molecule has 1 aliphatic carbocycles. The van der Waals surface area contributed by atoms with Gasteiger partial charge < -0.3 is 35.1 Å². The number of likely N-dealkylation sites (N-methyl/N-ethyl adjacent to an activating group) is 1. The van der Waals surface area contributed by atoms with Gasteiger partial charge in [0.05, 0.1) is 37.1 Å². The fraction of sp³-hybridized carbons (Fsp3) is 0.323. The summed E-state index contributed by atoms with van der Waals surface area (Å²) >= 11 is 6.63. The van der Waals surface area contributed by atoms with Gasteiger partial charge in [0, 0.05) is 49.0 Å². The predicted octanol–water partition coefficient (Wildman–Crippen LogP) is 4.27. The van der Waals surface area contributed by atoms with Gasteiger partial charge in [-0.3, -0.25) is 0 Å². The molecule has 8 nitrogen and oxygen atoms in total. The lowest BCUT2D eigenvalue weighted by molar-refractivity contribution is 0.0748. The van der Waals surface area contributed by atoms with Crippen LogP contribution in [0.4, 0.5) is 10.1 Å². The first-order valence-corrected chi connectivity index (χ1v) is 14.0. The maximum atomic E-state index is 13.5. The number of rotatable bonds is 12. The molecule has 0 spiro atoms. The van der Waals surface area contributed by atoms with Crippen LogP contribution in [0.3, 0.4) is 0 Å². The highest BCUT2D eigenvalue weighted by atomic mass is 35.5. The van der Waals surface area contributed by atoms with Crippen LogP contribution in [0.25, 0.3) is 11.1 Å².